The number of hydrogen-bond acceptors (Lipinski definition) is 15. The van der Waals surface area contributed by atoms with Crippen molar-refractivity contribution in [2.24, 2.45) is 0 Å². The third-order valence-corrected chi connectivity index (χ3v) is 11.8. The Bertz CT molecular complexity index is 2280. The Morgan fingerprint density at radius 1 is 0.672 bits per heavy atom. The number of nitrogens with one attached hydrogen (secondary N) is 1. The van der Waals surface area contributed by atoms with Crippen LogP contribution in [0, 0.1) is 0 Å². The normalized spacial score (nSPS) is 24.1. The van der Waals surface area contributed by atoms with Gasteiger partial charge in [0.1, 0.15) is 18.8 Å². The molecule has 2 heterocycles. The van der Waals surface area contributed by atoms with Crippen LogP contribution in [0.15, 0.2) is 108 Å². The number of aliphatic hydroxyl groups is 1. The van der Waals surface area contributed by atoms with Gasteiger partial charge in [0.25, 0.3) is 0 Å². The third-order valence-electron chi connectivity index (χ3n) is 10.4. The van der Waals surface area contributed by atoms with Gasteiger partial charge in [-0.05, 0) is 53.1 Å². The van der Waals surface area contributed by atoms with Crippen molar-refractivity contribution in [2.75, 3.05) is 17.7 Å². The molecule has 15 nitrogen and oxygen atoms in total. The molecule has 0 amide bonds. The molecule has 6 rings (SSSR count). The van der Waals surface area contributed by atoms with Crippen molar-refractivity contribution in [1.82, 2.24) is 0 Å². The monoisotopic (exact) mass is 915 g/mol. The van der Waals surface area contributed by atoms with Crippen molar-refractivity contribution in [2.45, 2.75) is 101 Å². The van der Waals surface area contributed by atoms with E-state index in [0.717, 1.165) is 35.4 Å². The van der Waals surface area contributed by atoms with E-state index in [-0.39, 0.29) is 36.1 Å². The fourth-order valence-electron chi connectivity index (χ4n) is 7.66. The predicted molar refractivity (Wildman–Crippen MR) is 236 cm³/mol. The minimum atomic E-state index is -1.33. The second kappa shape index (κ2) is 22.3. The van der Waals surface area contributed by atoms with Gasteiger partial charge in [-0.2, -0.15) is 0 Å². The molecule has 0 saturated carbocycles. The van der Waals surface area contributed by atoms with Gasteiger partial charge in [-0.1, -0.05) is 78.9 Å². The summed E-state index contributed by atoms with van der Waals surface area (Å²) in [6, 6.07) is 31.5. The number of rotatable bonds is 16. The lowest BCUT2D eigenvalue weighted by molar-refractivity contribution is -0.255. The summed E-state index contributed by atoms with van der Waals surface area (Å²) in [5.41, 5.74) is 4.01. The second-order valence-electron chi connectivity index (χ2n) is 15.2. The fourth-order valence-corrected chi connectivity index (χ4v) is 8.92. The summed E-state index contributed by atoms with van der Waals surface area (Å²) in [5.74, 6) is -3.64. The first-order chi connectivity index (χ1) is 30.7. The molecule has 2 aliphatic rings. The quantitative estimate of drug-likeness (QED) is 0.0455. The Morgan fingerprint density at radius 3 is 1.91 bits per heavy atom. The molecule has 0 aliphatic carbocycles. The molecule has 17 heteroatoms. The molecule has 64 heavy (non-hydrogen) atoms. The number of anilines is 1. The Hall–Kier alpha value is -5.69. The maximum absolute atomic E-state index is 12.4. The van der Waals surface area contributed by atoms with Crippen LogP contribution in [0.2, 0.25) is 0 Å². The summed E-state index contributed by atoms with van der Waals surface area (Å²) in [6.45, 7) is 4.19. The number of thioether (sulfide) groups is 1. The molecule has 4 aromatic rings. The van der Waals surface area contributed by atoms with Gasteiger partial charge in [0, 0.05) is 61.9 Å². The third kappa shape index (κ3) is 12.7. The lowest BCUT2D eigenvalue weighted by Gasteiger charge is -2.44. The second-order valence-corrected chi connectivity index (χ2v) is 16.7. The zero-order chi connectivity index (χ0) is 45.9. The highest BCUT2D eigenvalue weighted by molar-refractivity contribution is 7.99. The van der Waals surface area contributed by atoms with Crippen molar-refractivity contribution >= 4 is 64.5 Å². The average Bonchev–Trinajstić information content (AvgIpc) is 3.26. The Morgan fingerprint density at radius 2 is 1.30 bits per heavy atom. The molecule has 2 aliphatic heterocycles. The first-order valence-electron chi connectivity index (χ1n) is 20.4. The summed E-state index contributed by atoms with van der Waals surface area (Å²) >= 11 is 7.36. The van der Waals surface area contributed by atoms with Crippen LogP contribution in [-0.4, -0.2) is 94.0 Å². The van der Waals surface area contributed by atoms with Crippen molar-refractivity contribution in [3.63, 3.8) is 0 Å². The van der Waals surface area contributed by atoms with Gasteiger partial charge in [0.15, 0.2) is 24.6 Å². The van der Waals surface area contributed by atoms with Gasteiger partial charge < -0.3 is 48.7 Å². The van der Waals surface area contributed by atoms with Crippen molar-refractivity contribution in [3.8, 4) is 0 Å². The number of carbonyl (C=O) groups is 5. The molecule has 3 N–H and O–H groups in total. The number of benzene rings is 4. The highest BCUT2D eigenvalue weighted by Gasteiger charge is 2.52. The van der Waals surface area contributed by atoms with Crippen LogP contribution >= 0.6 is 24.0 Å². The number of carbonyl (C=O) groups excluding carboxylic acids is 4. The van der Waals surface area contributed by atoms with Crippen molar-refractivity contribution < 1.29 is 67.3 Å². The summed E-state index contributed by atoms with van der Waals surface area (Å²) < 4.78 is 41.9. The minimum Gasteiger partial charge on any atom is -0.478 e. The SMILES string of the molecule is CC(=O)OC[C@H]1O[C@@H](CC(=S)Nc2cccc(C3O[C@H](CSc4ccc(C(=O)O)cc4)[C@@H](c4ccccc4)[C@H](c4ccc(CO)cc4)O3)c2)[C@H](OC(C)=O)[C@@H](OC(C)=O)[C@@H]1OC(C)=O. The molecule has 2 saturated heterocycles. The molecule has 4 aromatic carbocycles. The first-order valence-corrected chi connectivity index (χ1v) is 21.8. The lowest BCUT2D eigenvalue weighted by atomic mass is 9.84. The Balaban J connectivity index is 1.28. The highest BCUT2D eigenvalue weighted by Crippen LogP contribution is 2.48. The van der Waals surface area contributed by atoms with E-state index in [1.54, 1.807) is 30.3 Å². The maximum atomic E-state index is 12.4. The Kier molecular flexibility index (Phi) is 16.6. The highest BCUT2D eigenvalue weighted by atomic mass is 32.2. The zero-order valence-electron chi connectivity index (χ0n) is 35.4. The number of esters is 4. The van der Waals surface area contributed by atoms with Gasteiger partial charge in [-0.3, -0.25) is 19.2 Å². The van der Waals surface area contributed by atoms with Crippen molar-refractivity contribution in [3.05, 3.63) is 131 Å². The standard InChI is InChI=1S/C47H49NO14S2/c1-26(50)56-24-38-44(58-28(3)52)45(59-29(4)53)43(57-27(2)51)37(60-38)22-40(63)48-35-12-8-11-34(21-35)47-61-39(25-64-36-19-17-33(18-20-36)46(54)55)41(31-9-6-5-7-10-31)42(62-47)32-15-13-30(23-49)14-16-32/h5-21,37-39,41-45,47,49H,22-25H2,1-4H3,(H,48,63)(H,54,55)/t37-,38+,39+,41+,42-,43-,44+,45+,47?/m0/s1. The van der Waals surface area contributed by atoms with Gasteiger partial charge in [-0.15, -0.1) is 11.8 Å². The van der Waals surface area contributed by atoms with Gasteiger partial charge in [-0.25, -0.2) is 4.79 Å². The van der Waals surface area contributed by atoms with Crippen LogP contribution in [-0.2, 0) is 58.9 Å². The number of carboxylic acid groups (broad SMARTS) is 1. The number of thiocarbonyl (C=S) groups is 1. The molecular formula is C47H49NO14S2. The largest absolute Gasteiger partial charge is 0.478 e. The zero-order valence-corrected chi connectivity index (χ0v) is 37.1. The van der Waals surface area contributed by atoms with Crippen molar-refractivity contribution in [1.29, 1.82) is 0 Å². The fraction of sp³-hybridized carbons (Fsp3) is 0.362. The molecule has 0 spiro atoms. The van der Waals surface area contributed by atoms with Crippen LogP contribution < -0.4 is 5.32 Å². The Labute approximate surface area is 379 Å². The summed E-state index contributed by atoms with van der Waals surface area (Å²) in [4.78, 5) is 61.3. The van der Waals surface area contributed by atoms with Crippen LogP contribution in [0.3, 0.4) is 0 Å². The average molecular weight is 916 g/mol. The topological polar surface area (TPSA) is 202 Å². The van der Waals surface area contributed by atoms with Crippen LogP contribution in [0.4, 0.5) is 5.69 Å². The van der Waals surface area contributed by atoms with Gasteiger partial charge in [0.05, 0.1) is 29.4 Å². The molecule has 2 fully saturated rings. The molecule has 0 radical (unpaired) electrons. The van der Waals surface area contributed by atoms with Gasteiger partial charge >= 0.3 is 29.8 Å². The van der Waals surface area contributed by atoms with E-state index in [1.807, 2.05) is 72.8 Å². The lowest BCUT2D eigenvalue weighted by Crippen LogP contribution is -2.62. The van der Waals surface area contributed by atoms with E-state index in [2.05, 4.69) is 5.32 Å². The van der Waals surface area contributed by atoms with Crippen LogP contribution in [0.5, 0.6) is 0 Å². The molecule has 9 atom stereocenters. The molecular weight excluding hydrogens is 867 g/mol. The molecule has 0 bridgehead atoms. The van der Waals surface area contributed by atoms with E-state index >= 15 is 0 Å². The summed E-state index contributed by atoms with van der Waals surface area (Å²) in [6.07, 6.45) is -7.97. The number of aliphatic hydroxyl groups excluding tert-OH is 1. The predicted octanol–water partition coefficient (Wildman–Crippen LogP) is 6.86. The van der Waals surface area contributed by atoms with E-state index in [4.69, 9.17) is 45.4 Å². The summed E-state index contributed by atoms with van der Waals surface area (Å²) in [7, 11) is 0. The summed E-state index contributed by atoms with van der Waals surface area (Å²) in [5, 5.41) is 22.5. The minimum absolute atomic E-state index is 0.0769. The molecule has 1 unspecified atom stereocenters. The van der Waals surface area contributed by atoms with E-state index in [0.29, 0.717) is 17.0 Å². The van der Waals surface area contributed by atoms with Crippen LogP contribution in [0.1, 0.15) is 85.0 Å². The first kappa shape index (κ1) is 47.8. The number of aromatic carboxylic acids is 1. The smallest absolute Gasteiger partial charge is 0.335 e. The number of ether oxygens (including phenoxy) is 7. The number of hydrogen-bond donors (Lipinski definition) is 3. The van der Waals surface area contributed by atoms with Gasteiger partial charge in [0.2, 0.25) is 0 Å². The maximum Gasteiger partial charge on any atom is 0.335 e. The van der Waals surface area contributed by atoms with E-state index in [1.165, 1.54) is 25.6 Å². The van der Waals surface area contributed by atoms with Crippen LogP contribution in [0.25, 0.3) is 0 Å². The number of carboxylic acids is 1. The van der Waals surface area contributed by atoms with E-state index < -0.39 is 78.9 Å². The molecule has 0 aromatic heterocycles. The van der Waals surface area contributed by atoms with E-state index in [9.17, 15) is 34.2 Å². The molecule has 338 valence electrons.